The molecule has 2 aromatic rings. The summed E-state index contributed by atoms with van der Waals surface area (Å²) in [5, 5.41) is 6.40. The van der Waals surface area contributed by atoms with Crippen LogP contribution in [0.4, 0.5) is 10.3 Å². The van der Waals surface area contributed by atoms with Crippen molar-refractivity contribution in [3.05, 3.63) is 46.9 Å². The number of nitrogen functional groups attached to an aromatic ring is 1. The van der Waals surface area contributed by atoms with E-state index in [9.17, 15) is 14.0 Å². The van der Waals surface area contributed by atoms with Gasteiger partial charge in [0.15, 0.2) is 6.61 Å². The van der Waals surface area contributed by atoms with Gasteiger partial charge in [0.1, 0.15) is 11.4 Å². The van der Waals surface area contributed by atoms with E-state index in [-0.39, 0.29) is 22.7 Å². The van der Waals surface area contributed by atoms with E-state index in [1.165, 1.54) is 12.1 Å². The summed E-state index contributed by atoms with van der Waals surface area (Å²) in [5.74, 6) is -1.59. The van der Waals surface area contributed by atoms with Gasteiger partial charge in [0.2, 0.25) is 5.88 Å². The van der Waals surface area contributed by atoms with Gasteiger partial charge in [-0.15, -0.1) is 0 Å². The number of halogens is 1. The maximum Gasteiger partial charge on any atom is 0.346 e. The van der Waals surface area contributed by atoms with E-state index in [1.807, 2.05) is 0 Å². The Kier molecular flexibility index (Phi) is 5.43. The molecule has 144 valence electrons. The molecule has 1 fully saturated rings. The zero-order chi connectivity index (χ0) is 19.4. The van der Waals surface area contributed by atoms with Crippen LogP contribution in [-0.4, -0.2) is 30.2 Å². The molecule has 0 radical (unpaired) electrons. The van der Waals surface area contributed by atoms with E-state index in [2.05, 4.69) is 10.5 Å². The summed E-state index contributed by atoms with van der Waals surface area (Å²) in [6.45, 7) is 1.54. The number of carbonyl (C=O) groups is 2. The fourth-order valence-electron chi connectivity index (χ4n) is 3.58. The molecule has 3 rings (SSSR count). The van der Waals surface area contributed by atoms with E-state index < -0.39 is 18.5 Å². The summed E-state index contributed by atoms with van der Waals surface area (Å²) in [4.78, 5) is 24.2. The number of benzene rings is 1. The molecule has 0 spiro atoms. The van der Waals surface area contributed by atoms with Crippen molar-refractivity contribution in [2.45, 2.75) is 38.0 Å². The lowest BCUT2D eigenvalue weighted by Crippen LogP contribution is -2.40. The Hall–Kier alpha value is -2.90. The van der Waals surface area contributed by atoms with Gasteiger partial charge >= 0.3 is 5.97 Å². The zero-order valence-corrected chi connectivity index (χ0v) is 15.1. The topological polar surface area (TPSA) is 107 Å². The minimum absolute atomic E-state index is 0.0291. The standard InChI is InChI=1S/C19H22FN3O4/c1-12-16(17(21)27-23-12)18(25)26-10-15(24)22-11-19(8-2-3-9-19)13-4-6-14(20)7-5-13/h4-7H,2-3,8-11,21H2,1H3,(H,22,24). The first kappa shape index (κ1) is 18.9. The number of esters is 1. The SMILES string of the molecule is Cc1noc(N)c1C(=O)OCC(=O)NCC1(c2ccc(F)cc2)CCCC1. The fraction of sp³-hybridized carbons (Fsp3) is 0.421. The Morgan fingerprint density at radius 2 is 1.96 bits per heavy atom. The van der Waals surface area contributed by atoms with Gasteiger partial charge in [0.05, 0.1) is 5.69 Å². The number of nitrogens with two attached hydrogens (primary N) is 1. The van der Waals surface area contributed by atoms with E-state index in [0.29, 0.717) is 12.2 Å². The van der Waals surface area contributed by atoms with Crippen molar-refractivity contribution < 1.29 is 23.2 Å². The van der Waals surface area contributed by atoms with Gasteiger partial charge in [-0.1, -0.05) is 30.1 Å². The van der Waals surface area contributed by atoms with Crippen molar-refractivity contribution in [1.29, 1.82) is 0 Å². The van der Waals surface area contributed by atoms with Crippen molar-refractivity contribution in [2.75, 3.05) is 18.9 Å². The molecule has 1 aromatic heterocycles. The average Bonchev–Trinajstić information content (AvgIpc) is 3.26. The van der Waals surface area contributed by atoms with Crippen LogP contribution in [0.2, 0.25) is 0 Å². The van der Waals surface area contributed by atoms with Crippen LogP contribution >= 0.6 is 0 Å². The molecule has 0 bridgehead atoms. The average molecular weight is 375 g/mol. The first-order valence-electron chi connectivity index (χ1n) is 8.83. The summed E-state index contributed by atoms with van der Waals surface area (Å²) in [6, 6.07) is 6.41. The molecular formula is C19H22FN3O4. The molecule has 3 N–H and O–H groups in total. The van der Waals surface area contributed by atoms with Crippen LogP contribution in [0.3, 0.4) is 0 Å². The van der Waals surface area contributed by atoms with Gasteiger partial charge in [0.25, 0.3) is 5.91 Å². The number of hydrogen-bond acceptors (Lipinski definition) is 6. The Bertz CT molecular complexity index is 806. The van der Waals surface area contributed by atoms with Crippen LogP contribution in [0.15, 0.2) is 28.8 Å². The van der Waals surface area contributed by atoms with Crippen LogP contribution in [-0.2, 0) is 14.9 Å². The molecule has 1 heterocycles. The number of nitrogens with zero attached hydrogens (tertiary/aromatic N) is 1. The second kappa shape index (κ2) is 7.77. The van der Waals surface area contributed by atoms with Crippen molar-refractivity contribution in [2.24, 2.45) is 0 Å². The molecule has 0 atom stereocenters. The number of carbonyl (C=O) groups excluding carboxylic acids is 2. The lowest BCUT2D eigenvalue weighted by atomic mass is 9.79. The van der Waals surface area contributed by atoms with E-state index in [4.69, 9.17) is 15.0 Å². The van der Waals surface area contributed by atoms with E-state index in [1.54, 1.807) is 19.1 Å². The van der Waals surface area contributed by atoms with E-state index >= 15 is 0 Å². The highest BCUT2D eigenvalue weighted by atomic mass is 19.1. The van der Waals surface area contributed by atoms with Gasteiger partial charge in [-0.2, -0.15) is 0 Å². The van der Waals surface area contributed by atoms with Crippen molar-refractivity contribution in [1.82, 2.24) is 10.5 Å². The van der Waals surface area contributed by atoms with Crippen LogP contribution in [0, 0.1) is 12.7 Å². The third kappa shape index (κ3) is 4.10. The van der Waals surface area contributed by atoms with Crippen molar-refractivity contribution in [3.8, 4) is 0 Å². The van der Waals surface area contributed by atoms with Gasteiger partial charge in [0, 0.05) is 12.0 Å². The minimum atomic E-state index is -0.754. The molecule has 1 amide bonds. The highest BCUT2D eigenvalue weighted by molar-refractivity contribution is 5.96. The molecule has 1 aliphatic carbocycles. The number of nitrogens with one attached hydrogen (secondary N) is 1. The summed E-state index contributed by atoms with van der Waals surface area (Å²) < 4.78 is 22.9. The summed E-state index contributed by atoms with van der Waals surface area (Å²) in [7, 11) is 0. The predicted molar refractivity (Wildman–Crippen MR) is 95.5 cm³/mol. The third-order valence-corrected chi connectivity index (χ3v) is 5.07. The predicted octanol–water partition coefficient (Wildman–Crippen LogP) is 2.49. The van der Waals surface area contributed by atoms with Gasteiger partial charge in [-0.25, -0.2) is 9.18 Å². The van der Waals surface area contributed by atoms with Gasteiger partial charge < -0.3 is 20.3 Å². The van der Waals surface area contributed by atoms with Gasteiger partial charge in [-0.3, -0.25) is 4.79 Å². The Morgan fingerprint density at radius 3 is 2.56 bits per heavy atom. The maximum absolute atomic E-state index is 13.2. The second-order valence-electron chi connectivity index (χ2n) is 6.85. The number of hydrogen-bond donors (Lipinski definition) is 2. The van der Waals surface area contributed by atoms with E-state index in [0.717, 1.165) is 31.2 Å². The largest absolute Gasteiger partial charge is 0.452 e. The molecule has 0 saturated heterocycles. The lowest BCUT2D eigenvalue weighted by Gasteiger charge is -2.30. The molecule has 0 aliphatic heterocycles. The first-order chi connectivity index (χ1) is 12.9. The van der Waals surface area contributed by atoms with Crippen LogP contribution < -0.4 is 11.1 Å². The van der Waals surface area contributed by atoms with Crippen LogP contribution in [0.25, 0.3) is 0 Å². The van der Waals surface area contributed by atoms with Gasteiger partial charge in [-0.05, 0) is 37.5 Å². The molecular weight excluding hydrogens is 353 g/mol. The number of amides is 1. The number of aromatic nitrogens is 1. The third-order valence-electron chi connectivity index (χ3n) is 5.07. The number of rotatable bonds is 6. The molecule has 27 heavy (non-hydrogen) atoms. The Balaban J connectivity index is 1.57. The fourth-order valence-corrected chi connectivity index (χ4v) is 3.58. The summed E-state index contributed by atoms with van der Waals surface area (Å²) >= 11 is 0. The van der Waals surface area contributed by atoms with Crippen molar-refractivity contribution >= 4 is 17.8 Å². The van der Waals surface area contributed by atoms with Crippen LogP contribution in [0.5, 0.6) is 0 Å². The quantitative estimate of drug-likeness (QED) is 0.751. The number of anilines is 1. The molecule has 1 saturated carbocycles. The lowest BCUT2D eigenvalue weighted by molar-refractivity contribution is -0.124. The molecule has 0 unspecified atom stereocenters. The first-order valence-corrected chi connectivity index (χ1v) is 8.83. The Labute approximate surface area is 156 Å². The highest BCUT2D eigenvalue weighted by Crippen LogP contribution is 2.40. The Morgan fingerprint density at radius 1 is 1.30 bits per heavy atom. The number of aryl methyl sites for hydroxylation is 1. The zero-order valence-electron chi connectivity index (χ0n) is 15.1. The molecule has 1 aromatic carbocycles. The van der Waals surface area contributed by atoms with Crippen molar-refractivity contribution in [3.63, 3.8) is 0 Å². The monoisotopic (exact) mass is 375 g/mol. The molecule has 8 heteroatoms. The highest BCUT2D eigenvalue weighted by Gasteiger charge is 2.36. The normalized spacial score (nSPS) is 15.5. The smallest absolute Gasteiger partial charge is 0.346 e. The summed E-state index contributed by atoms with van der Waals surface area (Å²) in [6.07, 6.45) is 3.92. The molecule has 1 aliphatic rings. The minimum Gasteiger partial charge on any atom is -0.452 e. The maximum atomic E-state index is 13.2. The second-order valence-corrected chi connectivity index (χ2v) is 6.85. The van der Waals surface area contributed by atoms with Crippen LogP contribution in [0.1, 0.15) is 47.3 Å². The number of ether oxygens (including phenoxy) is 1. The molecule has 7 nitrogen and oxygen atoms in total. The summed E-state index contributed by atoms with van der Waals surface area (Å²) in [5.41, 5.74) is 6.65.